The fraction of sp³-hybridized carbons (Fsp3) is 0.800. The topological polar surface area (TPSA) is 72.5 Å². The highest BCUT2D eigenvalue weighted by Gasteiger charge is 2.29. The van der Waals surface area contributed by atoms with Crippen molar-refractivity contribution in [3.05, 3.63) is 0 Å². The van der Waals surface area contributed by atoms with Gasteiger partial charge in [-0.2, -0.15) is 0 Å². The van der Waals surface area contributed by atoms with E-state index in [-0.39, 0.29) is 5.88 Å². The number of carbonyl (C=O) groups is 1. The van der Waals surface area contributed by atoms with Crippen LogP contribution in [0.1, 0.15) is 0 Å². The summed E-state index contributed by atoms with van der Waals surface area (Å²) in [4.78, 5) is 10.8. The Morgan fingerprint density at radius 1 is 1.67 bits per heavy atom. The number of carbonyl (C=O) groups excluding carboxylic acids is 1. The third kappa shape index (κ3) is 4.33. The molecule has 0 radical (unpaired) electrons. The maximum Gasteiger partial charge on any atom is 0.327 e. The van der Waals surface area contributed by atoms with Crippen LogP contribution in [0.15, 0.2) is 0 Å². The number of hydrogen-bond donors (Lipinski definition) is 2. The van der Waals surface area contributed by atoms with Crippen molar-refractivity contribution in [1.82, 2.24) is 0 Å². The number of aliphatic hydroxyl groups excluding tert-OH is 1. The van der Waals surface area contributed by atoms with Crippen LogP contribution in [0.4, 0.5) is 0 Å². The average molecular weight is 236 g/mol. The zero-order chi connectivity index (χ0) is 9.78. The first-order valence-corrected chi connectivity index (χ1v) is 4.25. The van der Waals surface area contributed by atoms with Crippen LogP contribution in [0.25, 0.3) is 0 Å². The molecule has 0 rings (SSSR count). The first-order chi connectivity index (χ1) is 5.43. The molecule has 0 heterocycles. The van der Waals surface area contributed by atoms with E-state index in [4.69, 9.17) is 45.6 Å². The largest absolute Gasteiger partial charge is 0.426 e. The summed E-state index contributed by atoms with van der Waals surface area (Å²) in [6, 6.07) is -1.15. The lowest BCUT2D eigenvalue weighted by Crippen LogP contribution is -2.39. The van der Waals surface area contributed by atoms with Gasteiger partial charge in [0, 0.05) is 0 Å². The number of hydrogen-bond acceptors (Lipinski definition) is 4. The Labute approximate surface area is 84.5 Å². The Morgan fingerprint density at radius 3 is 2.50 bits per heavy atom. The van der Waals surface area contributed by atoms with Crippen molar-refractivity contribution in [1.29, 1.82) is 0 Å². The minimum atomic E-state index is -1.79. The van der Waals surface area contributed by atoms with Gasteiger partial charge in [0.15, 0.2) is 0 Å². The predicted octanol–water partition coefficient (Wildman–Crippen LogP) is 0.219. The number of nitrogens with two attached hydrogens (primary N) is 1. The lowest BCUT2D eigenvalue weighted by atomic mass is 10.3. The zero-order valence-electron chi connectivity index (χ0n) is 5.97. The van der Waals surface area contributed by atoms with E-state index in [0.717, 1.165) is 0 Å². The molecular weight excluding hydrogens is 228 g/mol. The molecule has 0 fully saturated rings. The quantitative estimate of drug-likeness (QED) is 0.541. The molecule has 7 heteroatoms. The normalized spacial score (nSPS) is 14.1. The number of esters is 1. The van der Waals surface area contributed by atoms with Gasteiger partial charge < -0.3 is 15.6 Å². The first kappa shape index (κ1) is 12.3. The molecular formula is C5H8Cl3NO3. The van der Waals surface area contributed by atoms with E-state index in [1.165, 1.54) is 0 Å². The van der Waals surface area contributed by atoms with Gasteiger partial charge in [-0.1, -0.05) is 23.2 Å². The second-order valence-electron chi connectivity index (χ2n) is 1.98. The highest BCUT2D eigenvalue weighted by atomic mass is 35.5. The van der Waals surface area contributed by atoms with E-state index >= 15 is 0 Å². The van der Waals surface area contributed by atoms with Gasteiger partial charge in [-0.25, -0.2) is 0 Å². The van der Waals surface area contributed by atoms with E-state index in [1.807, 2.05) is 0 Å². The van der Waals surface area contributed by atoms with Crippen LogP contribution in [-0.2, 0) is 9.53 Å². The third-order valence-electron chi connectivity index (χ3n) is 0.905. The number of rotatable bonds is 4. The van der Waals surface area contributed by atoms with Gasteiger partial charge in [0.25, 0.3) is 4.52 Å². The summed E-state index contributed by atoms with van der Waals surface area (Å²) in [5.74, 6) is -1.18. The molecule has 12 heavy (non-hydrogen) atoms. The Balaban J connectivity index is 4.00. The molecule has 72 valence electrons. The average Bonchev–Trinajstić information content (AvgIpc) is 2.02. The molecule has 0 aliphatic carbocycles. The molecule has 1 atom stereocenters. The second-order valence-corrected chi connectivity index (χ2v) is 3.66. The van der Waals surface area contributed by atoms with Gasteiger partial charge in [0.05, 0.1) is 12.5 Å². The Morgan fingerprint density at radius 2 is 2.17 bits per heavy atom. The van der Waals surface area contributed by atoms with Crippen molar-refractivity contribution in [2.45, 2.75) is 10.6 Å². The molecule has 0 saturated heterocycles. The predicted molar refractivity (Wildman–Crippen MR) is 46.3 cm³/mol. The van der Waals surface area contributed by atoms with E-state index in [0.29, 0.717) is 0 Å². The van der Waals surface area contributed by atoms with Crippen LogP contribution >= 0.6 is 34.8 Å². The Hall–Kier alpha value is 0.260. The van der Waals surface area contributed by atoms with Crippen LogP contribution in [0.2, 0.25) is 0 Å². The molecule has 0 aromatic rings. The molecule has 0 aromatic carbocycles. The summed E-state index contributed by atoms with van der Waals surface area (Å²) in [5.41, 5.74) is 5.09. The lowest BCUT2D eigenvalue weighted by Gasteiger charge is -2.18. The van der Waals surface area contributed by atoms with E-state index in [1.54, 1.807) is 0 Å². The van der Waals surface area contributed by atoms with Crippen LogP contribution in [-0.4, -0.2) is 34.1 Å². The van der Waals surface area contributed by atoms with E-state index < -0.39 is 23.1 Å². The first-order valence-electron chi connectivity index (χ1n) is 2.96. The highest BCUT2D eigenvalue weighted by molar-refractivity contribution is 6.50. The fourth-order valence-electron chi connectivity index (χ4n) is 0.325. The molecule has 0 amide bonds. The van der Waals surface area contributed by atoms with Crippen LogP contribution < -0.4 is 5.73 Å². The zero-order valence-corrected chi connectivity index (χ0v) is 8.23. The van der Waals surface area contributed by atoms with Crippen LogP contribution in [0.5, 0.6) is 0 Å². The lowest BCUT2D eigenvalue weighted by molar-refractivity contribution is -0.149. The highest BCUT2D eigenvalue weighted by Crippen LogP contribution is 2.24. The molecule has 0 bridgehead atoms. The maximum absolute atomic E-state index is 10.8. The summed E-state index contributed by atoms with van der Waals surface area (Å²) in [6.07, 6.45) is 0. The van der Waals surface area contributed by atoms with Gasteiger partial charge in [0.2, 0.25) is 0 Å². The van der Waals surface area contributed by atoms with Crippen LogP contribution in [0.3, 0.4) is 0 Å². The van der Waals surface area contributed by atoms with Crippen LogP contribution in [0, 0.1) is 0 Å². The smallest absolute Gasteiger partial charge is 0.327 e. The molecule has 0 spiro atoms. The number of ether oxygens (including phenoxy) is 1. The van der Waals surface area contributed by atoms with Gasteiger partial charge in [0.1, 0.15) is 6.04 Å². The van der Waals surface area contributed by atoms with Gasteiger partial charge in [-0.3, -0.25) is 4.79 Å². The van der Waals surface area contributed by atoms with Crippen molar-refractivity contribution in [3.63, 3.8) is 0 Å². The summed E-state index contributed by atoms with van der Waals surface area (Å²) < 4.78 is 2.63. The SMILES string of the molecule is NC(CO)C(=O)OC(Cl)(Cl)CCl. The summed E-state index contributed by atoms with van der Waals surface area (Å²) in [6.45, 7) is -0.537. The molecule has 0 aromatic heterocycles. The summed E-state index contributed by atoms with van der Waals surface area (Å²) in [5, 5.41) is 8.43. The monoisotopic (exact) mass is 235 g/mol. The van der Waals surface area contributed by atoms with Crippen molar-refractivity contribution in [3.8, 4) is 0 Å². The van der Waals surface area contributed by atoms with Crippen molar-refractivity contribution < 1.29 is 14.6 Å². The van der Waals surface area contributed by atoms with Crippen molar-refractivity contribution in [2.24, 2.45) is 5.73 Å². The summed E-state index contributed by atoms with van der Waals surface area (Å²) in [7, 11) is 0. The number of alkyl halides is 3. The second kappa shape index (κ2) is 5.09. The molecule has 4 nitrogen and oxygen atoms in total. The maximum atomic E-state index is 10.8. The third-order valence-corrected chi connectivity index (χ3v) is 1.98. The molecule has 1 unspecified atom stereocenters. The Bertz CT molecular complexity index is 164. The van der Waals surface area contributed by atoms with Crippen molar-refractivity contribution in [2.75, 3.05) is 12.5 Å². The van der Waals surface area contributed by atoms with Gasteiger partial charge >= 0.3 is 5.97 Å². The minimum absolute atomic E-state index is 0.278. The fourth-order valence-corrected chi connectivity index (χ4v) is 0.531. The van der Waals surface area contributed by atoms with Crippen molar-refractivity contribution >= 4 is 40.8 Å². The Kier molecular flexibility index (Phi) is 5.20. The number of halogens is 3. The number of aliphatic hydroxyl groups is 1. The van der Waals surface area contributed by atoms with E-state index in [2.05, 4.69) is 4.74 Å². The molecule has 3 N–H and O–H groups in total. The van der Waals surface area contributed by atoms with Gasteiger partial charge in [-0.15, -0.1) is 11.6 Å². The summed E-state index contributed by atoms with van der Waals surface area (Å²) >= 11 is 16.0. The minimum Gasteiger partial charge on any atom is -0.426 e. The van der Waals surface area contributed by atoms with E-state index in [9.17, 15) is 4.79 Å². The van der Waals surface area contributed by atoms with Gasteiger partial charge in [-0.05, 0) is 0 Å². The standard InChI is InChI=1S/C5H8Cl3NO3/c6-2-5(7,8)12-4(11)3(9)1-10/h3,10H,1-2,9H2. The molecule has 0 saturated carbocycles. The molecule has 0 aliphatic heterocycles. The molecule has 0 aliphatic rings.